The van der Waals surface area contributed by atoms with E-state index in [0.29, 0.717) is 29.1 Å². The number of pyridine rings is 1. The van der Waals surface area contributed by atoms with Crippen LogP contribution in [0.1, 0.15) is 30.6 Å². The summed E-state index contributed by atoms with van der Waals surface area (Å²) < 4.78 is 0. The number of fused-ring (bicyclic) bond motifs is 1. The van der Waals surface area contributed by atoms with Crippen LogP contribution in [0.2, 0.25) is 5.02 Å². The number of aromatic nitrogens is 1. The lowest BCUT2D eigenvalue weighted by Crippen LogP contribution is -2.34. The van der Waals surface area contributed by atoms with Crippen molar-refractivity contribution in [2.75, 3.05) is 13.2 Å². The van der Waals surface area contributed by atoms with Crippen LogP contribution in [0.25, 0.3) is 10.9 Å². The number of aliphatic hydroxyl groups excluding tert-OH is 1. The van der Waals surface area contributed by atoms with Crippen molar-refractivity contribution in [2.24, 2.45) is 5.41 Å². The molecular formula is C16H19ClN2O2. The van der Waals surface area contributed by atoms with Gasteiger partial charge in [0.05, 0.1) is 11.1 Å². The Balaban J connectivity index is 2.24. The molecule has 21 heavy (non-hydrogen) atoms. The predicted molar refractivity (Wildman–Crippen MR) is 84.6 cm³/mol. The lowest BCUT2D eigenvalue weighted by molar-refractivity contribution is 0.0929. The number of carbonyl (C=O) groups is 1. The quantitative estimate of drug-likeness (QED) is 0.892. The molecule has 4 nitrogen and oxygen atoms in total. The molecule has 0 spiro atoms. The van der Waals surface area contributed by atoms with Crippen molar-refractivity contribution < 1.29 is 9.90 Å². The lowest BCUT2D eigenvalue weighted by atomic mass is 9.89. The average molecular weight is 307 g/mol. The van der Waals surface area contributed by atoms with Crippen LogP contribution in [0.5, 0.6) is 0 Å². The molecule has 0 saturated heterocycles. The molecule has 1 amide bonds. The number of nitrogens with zero attached hydrogens (tertiary/aromatic N) is 1. The monoisotopic (exact) mass is 306 g/mol. The SMILES string of the molecule is CC(C)(CCO)CNC(=O)c1cc(Cl)cc2cccnc12. The fraction of sp³-hybridized carbons (Fsp3) is 0.375. The number of amides is 1. The standard InChI is InChI=1S/C16H19ClN2O2/c1-16(2,5-7-20)10-19-15(21)13-9-12(17)8-11-4-3-6-18-14(11)13/h3-4,6,8-9,20H,5,7,10H2,1-2H3,(H,19,21). The number of hydrogen-bond acceptors (Lipinski definition) is 3. The fourth-order valence-electron chi connectivity index (χ4n) is 2.13. The Labute approximate surface area is 129 Å². The maximum absolute atomic E-state index is 12.4. The highest BCUT2D eigenvalue weighted by molar-refractivity contribution is 6.32. The summed E-state index contributed by atoms with van der Waals surface area (Å²) in [5, 5.41) is 13.3. The van der Waals surface area contributed by atoms with Gasteiger partial charge in [0.1, 0.15) is 0 Å². The molecule has 0 atom stereocenters. The Hall–Kier alpha value is -1.65. The topological polar surface area (TPSA) is 62.2 Å². The van der Waals surface area contributed by atoms with Crippen LogP contribution in [0.4, 0.5) is 0 Å². The number of hydrogen-bond donors (Lipinski definition) is 2. The summed E-state index contributed by atoms with van der Waals surface area (Å²) in [7, 11) is 0. The van der Waals surface area contributed by atoms with Gasteiger partial charge in [-0.15, -0.1) is 0 Å². The molecule has 1 aromatic carbocycles. The van der Waals surface area contributed by atoms with Crippen LogP contribution in [0.3, 0.4) is 0 Å². The average Bonchev–Trinajstić information content (AvgIpc) is 2.44. The van der Waals surface area contributed by atoms with E-state index < -0.39 is 0 Å². The second kappa shape index (κ2) is 6.41. The molecule has 0 saturated carbocycles. The zero-order valence-corrected chi connectivity index (χ0v) is 12.9. The van der Waals surface area contributed by atoms with Crippen molar-refractivity contribution in [2.45, 2.75) is 20.3 Å². The number of rotatable bonds is 5. The molecule has 1 heterocycles. The largest absolute Gasteiger partial charge is 0.396 e. The molecule has 1 aromatic heterocycles. The number of aliphatic hydroxyl groups is 1. The second-order valence-electron chi connectivity index (χ2n) is 5.85. The molecule has 0 aliphatic heterocycles. The summed E-state index contributed by atoms with van der Waals surface area (Å²) in [4.78, 5) is 16.7. The summed E-state index contributed by atoms with van der Waals surface area (Å²) in [5.74, 6) is -0.202. The minimum absolute atomic E-state index is 0.102. The fourth-order valence-corrected chi connectivity index (χ4v) is 2.36. The van der Waals surface area contributed by atoms with Gasteiger partial charge in [0.2, 0.25) is 0 Å². The molecule has 5 heteroatoms. The predicted octanol–water partition coefficient (Wildman–Crippen LogP) is 3.03. The van der Waals surface area contributed by atoms with Gasteiger partial charge < -0.3 is 10.4 Å². The molecule has 2 rings (SSSR count). The Morgan fingerprint density at radius 1 is 1.43 bits per heavy atom. The lowest BCUT2D eigenvalue weighted by Gasteiger charge is -2.24. The first-order valence-corrected chi connectivity index (χ1v) is 7.24. The van der Waals surface area contributed by atoms with E-state index in [0.717, 1.165) is 5.39 Å². The molecule has 0 fully saturated rings. The van der Waals surface area contributed by atoms with E-state index >= 15 is 0 Å². The Morgan fingerprint density at radius 3 is 2.90 bits per heavy atom. The van der Waals surface area contributed by atoms with Crippen LogP contribution in [-0.4, -0.2) is 29.1 Å². The third kappa shape index (κ3) is 3.93. The molecule has 112 valence electrons. The first-order valence-electron chi connectivity index (χ1n) is 6.86. The highest BCUT2D eigenvalue weighted by Crippen LogP contribution is 2.23. The normalized spacial score (nSPS) is 11.6. The maximum atomic E-state index is 12.4. The van der Waals surface area contributed by atoms with E-state index in [2.05, 4.69) is 10.3 Å². The molecule has 0 aliphatic carbocycles. The zero-order valence-electron chi connectivity index (χ0n) is 12.2. The summed E-state index contributed by atoms with van der Waals surface area (Å²) in [6, 6.07) is 7.10. The molecule has 2 aromatic rings. The summed E-state index contributed by atoms with van der Waals surface area (Å²) in [6.07, 6.45) is 2.28. The van der Waals surface area contributed by atoms with Gasteiger partial charge >= 0.3 is 0 Å². The van der Waals surface area contributed by atoms with Gasteiger partial charge in [-0.1, -0.05) is 31.5 Å². The third-order valence-corrected chi connectivity index (χ3v) is 3.65. The summed E-state index contributed by atoms with van der Waals surface area (Å²) in [6.45, 7) is 4.58. The van der Waals surface area contributed by atoms with Crippen molar-refractivity contribution in [1.82, 2.24) is 10.3 Å². The van der Waals surface area contributed by atoms with Crippen molar-refractivity contribution in [3.05, 3.63) is 41.0 Å². The Bertz CT molecular complexity index is 656. The van der Waals surface area contributed by atoms with Crippen molar-refractivity contribution in [1.29, 1.82) is 0 Å². The Morgan fingerprint density at radius 2 is 2.19 bits per heavy atom. The molecule has 0 unspecified atom stereocenters. The first-order chi connectivity index (χ1) is 9.93. The van der Waals surface area contributed by atoms with Gasteiger partial charge in [0, 0.05) is 29.8 Å². The first kappa shape index (κ1) is 15.7. The van der Waals surface area contributed by atoms with Crippen molar-refractivity contribution in [3.63, 3.8) is 0 Å². The molecule has 0 bridgehead atoms. The number of carbonyl (C=O) groups excluding carboxylic acids is 1. The van der Waals surface area contributed by atoms with Gasteiger partial charge in [-0.3, -0.25) is 9.78 Å². The number of benzene rings is 1. The van der Waals surface area contributed by atoms with Crippen LogP contribution < -0.4 is 5.32 Å². The van der Waals surface area contributed by atoms with Gasteiger partial charge in [0.15, 0.2) is 0 Å². The molecular weight excluding hydrogens is 288 g/mol. The number of nitrogens with one attached hydrogen (secondary N) is 1. The highest BCUT2D eigenvalue weighted by atomic mass is 35.5. The van der Waals surface area contributed by atoms with Crippen LogP contribution in [-0.2, 0) is 0 Å². The van der Waals surface area contributed by atoms with E-state index in [1.807, 2.05) is 26.0 Å². The minimum atomic E-state index is -0.202. The van der Waals surface area contributed by atoms with Gasteiger partial charge in [-0.2, -0.15) is 0 Å². The summed E-state index contributed by atoms with van der Waals surface area (Å²) in [5.41, 5.74) is 0.948. The molecule has 2 N–H and O–H groups in total. The maximum Gasteiger partial charge on any atom is 0.253 e. The van der Waals surface area contributed by atoms with Crippen molar-refractivity contribution >= 4 is 28.4 Å². The van der Waals surface area contributed by atoms with E-state index in [4.69, 9.17) is 16.7 Å². The van der Waals surface area contributed by atoms with Crippen molar-refractivity contribution in [3.8, 4) is 0 Å². The van der Waals surface area contributed by atoms with E-state index in [9.17, 15) is 4.79 Å². The molecule has 0 radical (unpaired) electrons. The highest BCUT2D eigenvalue weighted by Gasteiger charge is 2.20. The van der Waals surface area contributed by atoms with E-state index in [1.165, 1.54) is 0 Å². The van der Waals surface area contributed by atoms with Crippen LogP contribution in [0, 0.1) is 5.41 Å². The van der Waals surface area contributed by atoms with Crippen LogP contribution >= 0.6 is 11.6 Å². The Kier molecular flexibility index (Phi) is 4.80. The second-order valence-corrected chi connectivity index (χ2v) is 6.29. The van der Waals surface area contributed by atoms with Gasteiger partial charge in [-0.25, -0.2) is 0 Å². The van der Waals surface area contributed by atoms with E-state index in [-0.39, 0.29) is 17.9 Å². The number of halogens is 1. The van der Waals surface area contributed by atoms with Gasteiger partial charge in [-0.05, 0) is 30.0 Å². The molecule has 0 aliphatic rings. The zero-order chi connectivity index (χ0) is 15.5. The smallest absolute Gasteiger partial charge is 0.253 e. The van der Waals surface area contributed by atoms with E-state index in [1.54, 1.807) is 18.3 Å². The summed E-state index contributed by atoms with van der Waals surface area (Å²) >= 11 is 6.07. The van der Waals surface area contributed by atoms with Crippen LogP contribution in [0.15, 0.2) is 30.5 Å². The van der Waals surface area contributed by atoms with Gasteiger partial charge in [0.25, 0.3) is 5.91 Å². The minimum Gasteiger partial charge on any atom is -0.396 e. The third-order valence-electron chi connectivity index (χ3n) is 3.43.